The van der Waals surface area contributed by atoms with E-state index in [0.717, 1.165) is 11.1 Å². The highest BCUT2D eigenvalue weighted by Gasteiger charge is 2.53. The molecule has 8 heteroatoms. The summed E-state index contributed by atoms with van der Waals surface area (Å²) in [5.41, 5.74) is 0.857. The SMILES string of the molecule is Cc1ccc(S(=O)(=O)N=C2N=C3C=CC=CN3C2(c2ccccc2)C(Br)Br)cc1. The van der Waals surface area contributed by atoms with Crippen LogP contribution in [0.25, 0.3) is 0 Å². The van der Waals surface area contributed by atoms with Crippen LogP contribution in [0.15, 0.2) is 93.3 Å². The van der Waals surface area contributed by atoms with Crippen LogP contribution in [0.1, 0.15) is 11.1 Å². The Bertz CT molecular complexity index is 1150. The normalized spacial score (nSPS) is 22.3. The van der Waals surface area contributed by atoms with Gasteiger partial charge in [-0.15, -0.1) is 4.40 Å². The van der Waals surface area contributed by atoms with Gasteiger partial charge in [-0.3, -0.25) is 0 Å². The van der Waals surface area contributed by atoms with Crippen molar-refractivity contribution in [3.63, 3.8) is 0 Å². The number of alkyl halides is 2. The fraction of sp³-hybridized carbons (Fsp3) is 0.143. The van der Waals surface area contributed by atoms with E-state index in [4.69, 9.17) is 0 Å². The Kier molecular flexibility index (Phi) is 5.35. The van der Waals surface area contributed by atoms with Crippen LogP contribution in [0.4, 0.5) is 0 Å². The van der Waals surface area contributed by atoms with E-state index in [1.807, 2.05) is 66.6 Å². The highest BCUT2D eigenvalue weighted by molar-refractivity contribution is 9.24. The van der Waals surface area contributed by atoms with Gasteiger partial charge in [0.05, 0.1) is 4.90 Å². The molecule has 0 saturated heterocycles. The van der Waals surface area contributed by atoms with Gasteiger partial charge >= 0.3 is 0 Å². The first-order valence-electron chi connectivity index (χ1n) is 8.84. The van der Waals surface area contributed by atoms with Crippen molar-refractivity contribution in [2.24, 2.45) is 9.39 Å². The molecular formula is C21H17Br2N3O2S. The summed E-state index contributed by atoms with van der Waals surface area (Å²) >= 11 is 7.28. The minimum Gasteiger partial charge on any atom is -0.313 e. The summed E-state index contributed by atoms with van der Waals surface area (Å²) in [5, 5.41) is 0. The van der Waals surface area contributed by atoms with E-state index >= 15 is 0 Å². The van der Waals surface area contributed by atoms with Crippen molar-refractivity contribution in [1.29, 1.82) is 0 Å². The minimum absolute atomic E-state index is 0.134. The van der Waals surface area contributed by atoms with Crippen LogP contribution in [0, 0.1) is 6.92 Å². The second-order valence-electron chi connectivity index (χ2n) is 6.68. The summed E-state index contributed by atoms with van der Waals surface area (Å²) < 4.78 is 30.1. The second kappa shape index (κ2) is 7.66. The number of allylic oxidation sites excluding steroid dienone is 2. The molecular weight excluding hydrogens is 518 g/mol. The summed E-state index contributed by atoms with van der Waals surface area (Å²) in [5.74, 6) is 0.812. The number of aryl methyl sites for hydroxylation is 1. The molecule has 0 N–H and O–H groups in total. The summed E-state index contributed by atoms with van der Waals surface area (Å²) in [4.78, 5) is 6.67. The maximum Gasteiger partial charge on any atom is 0.284 e. The first-order chi connectivity index (χ1) is 13.9. The number of nitrogens with zero attached hydrogens (tertiary/aromatic N) is 3. The van der Waals surface area contributed by atoms with Crippen molar-refractivity contribution in [2.75, 3.05) is 0 Å². The minimum atomic E-state index is -3.95. The molecule has 2 heterocycles. The Morgan fingerprint density at radius 3 is 2.38 bits per heavy atom. The molecule has 2 aromatic carbocycles. The topological polar surface area (TPSA) is 62.1 Å². The van der Waals surface area contributed by atoms with Gasteiger partial charge in [-0.2, -0.15) is 8.42 Å². The number of sulfonamides is 1. The lowest BCUT2D eigenvalue weighted by Crippen LogP contribution is -2.51. The number of benzene rings is 2. The average molecular weight is 535 g/mol. The first kappa shape index (κ1) is 20.3. The molecule has 0 saturated carbocycles. The Hall–Kier alpha value is -2.03. The lowest BCUT2D eigenvalue weighted by atomic mass is 9.89. The summed E-state index contributed by atoms with van der Waals surface area (Å²) in [6.07, 6.45) is 7.46. The van der Waals surface area contributed by atoms with Crippen LogP contribution in [0.2, 0.25) is 0 Å². The Morgan fingerprint density at radius 1 is 1.03 bits per heavy atom. The van der Waals surface area contributed by atoms with Gasteiger partial charge in [0.1, 0.15) is 9.57 Å². The van der Waals surface area contributed by atoms with Crippen LogP contribution < -0.4 is 0 Å². The average Bonchev–Trinajstić information content (AvgIpc) is 3.03. The Balaban J connectivity index is 1.95. The van der Waals surface area contributed by atoms with E-state index < -0.39 is 15.6 Å². The number of hydrogen-bond acceptors (Lipinski definition) is 3. The highest BCUT2D eigenvalue weighted by Crippen LogP contribution is 2.46. The second-order valence-corrected chi connectivity index (χ2v) is 11.3. The number of hydrogen-bond donors (Lipinski definition) is 0. The monoisotopic (exact) mass is 533 g/mol. The maximum absolute atomic E-state index is 13.1. The number of halogens is 2. The van der Waals surface area contributed by atoms with E-state index in [0.29, 0.717) is 5.84 Å². The fourth-order valence-electron chi connectivity index (χ4n) is 3.38. The van der Waals surface area contributed by atoms with Crippen molar-refractivity contribution in [3.8, 4) is 0 Å². The standard InChI is InChI=1S/C21H17Br2N3O2S/c1-15-10-12-17(13-11-15)29(27,28)25-20-21(19(22)23,16-7-3-2-4-8-16)26-14-6-5-9-18(26)24-20/h2-14,19H,1H3. The number of fused-ring (bicyclic) bond motifs is 1. The molecule has 2 aliphatic rings. The summed E-state index contributed by atoms with van der Waals surface area (Å²) in [6, 6.07) is 16.2. The van der Waals surface area contributed by atoms with Crippen LogP contribution in [0.5, 0.6) is 0 Å². The first-order valence-corrected chi connectivity index (χ1v) is 12.1. The van der Waals surface area contributed by atoms with Gasteiger partial charge in [0, 0.05) is 6.20 Å². The molecule has 0 radical (unpaired) electrons. The zero-order valence-electron chi connectivity index (χ0n) is 15.4. The maximum atomic E-state index is 13.1. The fourth-order valence-corrected chi connectivity index (χ4v) is 5.75. The van der Waals surface area contributed by atoms with Crippen LogP contribution in [-0.2, 0) is 15.6 Å². The van der Waals surface area contributed by atoms with Gasteiger partial charge in [-0.05, 0) is 36.8 Å². The number of aliphatic imine (C=N–C) groups is 1. The Morgan fingerprint density at radius 2 is 1.72 bits per heavy atom. The zero-order valence-corrected chi connectivity index (χ0v) is 19.4. The quantitative estimate of drug-likeness (QED) is 0.524. The van der Waals surface area contributed by atoms with Gasteiger partial charge in [0.25, 0.3) is 10.0 Å². The molecule has 4 rings (SSSR count). The van der Waals surface area contributed by atoms with Crippen LogP contribution >= 0.6 is 31.9 Å². The van der Waals surface area contributed by atoms with E-state index in [1.54, 1.807) is 24.3 Å². The van der Waals surface area contributed by atoms with Gasteiger partial charge in [0.2, 0.25) is 0 Å². The van der Waals surface area contributed by atoms with Gasteiger partial charge in [-0.1, -0.05) is 86.0 Å². The molecule has 2 aliphatic heterocycles. The van der Waals surface area contributed by atoms with E-state index in [-0.39, 0.29) is 14.5 Å². The van der Waals surface area contributed by atoms with E-state index in [1.165, 1.54) is 0 Å². The molecule has 2 aromatic rings. The third-order valence-corrected chi connectivity index (χ3v) is 7.44. The zero-order chi connectivity index (χ0) is 20.6. The molecule has 0 bridgehead atoms. The van der Waals surface area contributed by atoms with Crippen molar-refractivity contribution in [1.82, 2.24) is 4.90 Å². The molecule has 5 nitrogen and oxygen atoms in total. The van der Waals surface area contributed by atoms with Crippen molar-refractivity contribution < 1.29 is 8.42 Å². The molecule has 29 heavy (non-hydrogen) atoms. The number of amidine groups is 2. The third-order valence-electron chi connectivity index (χ3n) is 4.83. The van der Waals surface area contributed by atoms with Crippen molar-refractivity contribution in [3.05, 3.63) is 90.2 Å². The third kappa shape index (κ3) is 3.43. The lowest BCUT2D eigenvalue weighted by Gasteiger charge is -2.40. The van der Waals surface area contributed by atoms with Crippen molar-refractivity contribution in [2.45, 2.75) is 21.1 Å². The van der Waals surface area contributed by atoms with Gasteiger partial charge in [-0.25, -0.2) is 4.99 Å². The van der Waals surface area contributed by atoms with Gasteiger partial charge < -0.3 is 4.90 Å². The molecule has 148 valence electrons. The number of rotatable bonds is 4. The molecule has 0 fully saturated rings. The molecule has 0 amide bonds. The van der Waals surface area contributed by atoms with E-state index in [2.05, 4.69) is 41.3 Å². The highest BCUT2D eigenvalue weighted by atomic mass is 79.9. The van der Waals surface area contributed by atoms with Crippen LogP contribution in [0.3, 0.4) is 0 Å². The largest absolute Gasteiger partial charge is 0.313 e. The smallest absolute Gasteiger partial charge is 0.284 e. The Labute approximate surface area is 186 Å². The predicted octanol–water partition coefficient (Wildman–Crippen LogP) is 4.89. The molecule has 0 aliphatic carbocycles. The summed E-state index contributed by atoms with van der Waals surface area (Å²) in [6.45, 7) is 1.91. The van der Waals surface area contributed by atoms with Gasteiger partial charge in [0.15, 0.2) is 11.4 Å². The molecule has 1 atom stereocenters. The van der Waals surface area contributed by atoms with E-state index in [9.17, 15) is 8.42 Å². The molecule has 1 unspecified atom stereocenters. The molecule has 0 spiro atoms. The summed E-state index contributed by atoms with van der Waals surface area (Å²) in [7, 11) is -3.95. The molecule has 0 aromatic heterocycles. The van der Waals surface area contributed by atoms with Crippen molar-refractivity contribution >= 4 is 53.6 Å². The van der Waals surface area contributed by atoms with Crippen LogP contribution in [-0.4, -0.2) is 28.7 Å². The predicted molar refractivity (Wildman–Crippen MR) is 123 cm³/mol. The lowest BCUT2D eigenvalue weighted by molar-refractivity contribution is 0.375.